The average Bonchev–Trinajstić information content (AvgIpc) is 2.60. The third kappa shape index (κ3) is 4.72. The summed E-state index contributed by atoms with van der Waals surface area (Å²) in [7, 11) is 5.93. The molecule has 0 aliphatic carbocycles. The number of carbonyl (C=O) groups excluding carboxylic acids is 1. The summed E-state index contributed by atoms with van der Waals surface area (Å²) in [5, 5.41) is 2.87. The molecule has 0 aliphatic heterocycles. The fraction of sp³-hybridized carbons (Fsp3) is 0.368. The summed E-state index contributed by atoms with van der Waals surface area (Å²) < 4.78 is 0. The molecule has 0 fully saturated rings. The van der Waals surface area contributed by atoms with E-state index in [2.05, 4.69) is 29.2 Å². The molecule has 2 rings (SSSR count). The van der Waals surface area contributed by atoms with Crippen LogP contribution in [0.15, 0.2) is 42.6 Å². The van der Waals surface area contributed by atoms with Crippen LogP contribution in [-0.2, 0) is 0 Å². The van der Waals surface area contributed by atoms with Gasteiger partial charge in [0.15, 0.2) is 0 Å². The minimum atomic E-state index is -0.128. The quantitative estimate of drug-likeness (QED) is 0.844. The predicted octanol–water partition coefficient (Wildman–Crippen LogP) is 3.64. The van der Waals surface area contributed by atoms with Gasteiger partial charge < -0.3 is 15.1 Å². The summed E-state index contributed by atoms with van der Waals surface area (Å²) in [5.74, 6) is 0.727. The first kappa shape index (κ1) is 17.8. The van der Waals surface area contributed by atoms with E-state index in [1.54, 1.807) is 6.20 Å². The zero-order valence-electron chi connectivity index (χ0n) is 14.9. The highest BCUT2D eigenvalue weighted by Gasteiger charge is 2.08. The van der Waals surface area contributed by atoms with Gasteiger partial charge >= 0.3 is 0 Å². The van der Waals surface area contributed by atoms with Crippen LogP contribution < -0.4 is 15.1 Å². The van der Waals surface area contributed by atoms with Gasteiger partial charge in [0.05, 0.1) is 11.9 Å². The Bertz CT molecular complexity index is 650. The second kappa shape index (κ2) is 8.34. The largest absolute Gasteiger partial charge is 0.375 e. The van der Waals surface area contributed by atoms with Gasteiger partial charge in [-0.25, -0.2) is 4.98 Å². The number of unbranched alkanes of at least 4 members (excludes halogenated alkanes) is 1. The van der Waals surface area contributed by atoms with Crippen molar-refractivity contribution in [2.24, 2.45) is 0 Å². The molecule has 0 spiro atoms. The van der Waals surface area contributed by atoms with Gasteiger partial charge in [-0.2, -0.15) is 0 Å². The van der Waals surface area contributed by atoms with Crippen LogP contribution in [0.3, 0.4) is 0 Å². The number of aromatic nitrogens is 1. The lowest BCUT2D eigenvalue weighted by atomic mass is 10.1. The lowest BCUT2D eigenvalue weighted by Gasteiger charge is -2.19. The van der Waals surface area contributed by atoms with Gasteiger partial charge in [0.2, 0.25) is 0 Å². The van der Waals surface area contributed by atoms with Crippen molar-refractivity contribution in [1.29, 1.82) is 0 Å². The first-order valence-corrected chi connectivity index (χ1v) is 8.27. The van der Waals surface area contributed by atoms with Crippen molar-refractivity contribution in [2.75, 3.05) is 42.8 Å². The number of benzene rings is 1. The molecule has 0 radical (unpaired) electrons. The van der Waals surface area contributed by atoms with Gasteiger partial charge in [0.1, 0.15) is 5.82 Å². The smallest absolute Gasteiger partial charge is 0.255 e. The molecular weight excluding hydrogens is 300 g/mol. The van der Waals surface area contributed by atoms with E-state index in [1.165, 1.54) is 6.42 Å². The Morgan fingerprint density at radius 1 is 1.08 bits per heavy atom. The van der Waals surface area contributed by atoms with E-state index in [0.717, 1.165) is 24.5 Å². The molecule has 0 aliphatic rings. The maximum absolute atomic E-state index is 12.3. The fourth-order valence-corrected chi connectivity index (χ4v) is 2.32. The van der Waals surface area contributed by atoms with Crippen molar-refractivity contribution in [3.8, 4) is 0 Å². The van der Waals surface area contributed by atoms with Crippen LogP contribution in [-0.4, -0.2) is 38.6 Å². The minimum Gasteiger partial charge on any atom is -0.375 e. The molecule has 2 aromatic rings. The highest BCUT2D eigenvalue weighted by atomic mass is 16.1. The Kier molecular flexibility index (Phi) is 6.18. The van der Waals surface area contributed by atoms with Crippen molar-refractivity contribution < 1.29 is 4.79 Å². The molecule has 128 valence electrons. The Morgan fingerprint density at radius 2 is 1.79 bits per heavy atom. The van der Waals surface area contributed by atoms with Crippen molar-refractivity contribution in [1.82, 2.24) is 4.98 Å². The SMILES string of the molecule is CCCCN(C)c1ccc(C(=O)Nc2ccc(N(C)C)nc2)cc1. The molecule has 1 heterocycles. The normalized spacial score (nSPS) is 10.3. The molecule has 1 aromatic heterocycles. The number of pyridine rings is 1. The predicted molar refractivity (Wildman–Crippen MR) is 101 cm³/mol. The summed E-state index contributed by atoms with van der Waals surface area (Å²) in [6.07, 6.45) is 4.00. The summed E-state index contributed by atoms with van der Waals surface area (Å²) in [6, 6.07) is 11.4. The molecule has 1 N–H and O–H groups in total. The van der Waals surface area contributed by atoms with E-state index in [-0.39, 0.29) is 5.91 Å². The number of hydrogen-bond acceptors (Lipinski definition) is 4. The Morgan fingerprint density at radius 3 is 2.33 bits per heavy atom. The second-order valence-electron chi connectivity index (χ2n) is 6.08. The average molecular weight is 326 g/mol. The zero-order valence-corrected chi connectivity index (χ0v) is 14.9. The van der Waals surface area contributed by atoms with Gasteiger partial charge in [0.25, 0.3) is 5.91 Å². The zero-order chi connectivity index (χ0) is 17.5. The van der Waals surface area contributed by atoms with Gasteiger partial charge in [-0.05, 0) is 42.8 Å². The Hall–Kier alpha value is -2.56. The second-order valence-corrected chi connectivity index (χ2v) is 6.08. The maximum Gasteiger partial charge on any atom is 0.255 e. The molecule has 1 aromatic carbocycles. The number of nitrogens with zero attached hydrogens (tertiary/aromatic N) is 3. The van der Waals surface area contributed by atoms with E-state index in [0.29, 0.717) is 11.3 Å². The van der Waals surface area contributed by atoms with E-state index in [4.69, 9.17) is 0 Å². The highest BCUT2D eigenvalue weighted by Crippen LogP contribution is 2.16. The summed E-state index contributed by atoms with van der Waals surface area (Å²) >= 11 is 0. The van der Waals surface area contributed by atoms with Gasteiger partial charge in [-0.3, -0.25) is 4.79 Å². The van der Waals surface area contributed by atoms with Crippen LogP contribution in [0.2, 0.25) is 0 Å². The summed E-state index contributed by atoms with van der Waals surface area (Å²) in [6.45, 7) is 3.20. The van der Waals surface area contributed by atoms with Crippen LogP contribution in [0, 0.1) is 0 Å². The molecule has 0 saturated heterocycles. The monoisotopic (exact) mass is 326 g/mol. The standard InChI is InChI=1S/C19H26N4O/c1-5-6-13-23(4)17-10-7-15(8-11-17)19(24)21-16-9-12-18(20-14-16)22(2)3/h7-12,14H,5-6,13H2,1-4H3,(H,21,24). The van der Waals surface area contributed by atoms with Crippen LogP contribution in [0.4, 0.5) is 17.2 Å². The summed E-state index contributed by atoms with van der Waals surface area (Å²) in [5.41, 5.74) is 2.45. The molecule has 0 atom stereocenters. The molecule has 0 unspecified atom stereocenters. The van der Waals surface area contributed by atoms with E-state index < -0.39 is 0 Å². The highest BCUT2D eigenvalue weighted by molar-refractivity contribution is 6.04. The molecule has 0 bridgehead atoms. The molecule has 5 heteroatoms. The topological polar surface area (TPSA) is 48.5 Å². The summed E-state index contributed by atoms with van der Waals surface area (Å²) in [4.78, 5) is 20.7. The van der Waals surface area contributed by atoms with Crippen LogP contribution in [0.25, 0.3) is 0 Å². The van der Waals surface area contributed by atoms with Crippen LogP contribution >= 0.6 is 0 Å². The van der Waals surface area contributed by atoms with Crippen molar-refractivity contribution in [3.63, 3.8) is 0 Å². The molecule has 0 saturated carbocycles. The third-order valence-electron chi connectivity index (χ3n) is 3.88. The number of anilines is 3. The Labute approximate surface area is 144 Å². The first-order valence-electron chi connectivity index (χ1n) is 8.27. The first-order chi connectivity index (χ1) is 11.5. The lowest BCUT2D eigenvalue weighted by Crippen LogP contribution is -2.18. The number of amides is 1. The van der Waals surface area contributed by atoms with Crippen molar-refractivity contribution >= 4 is 23.1 Å². The van der Waals surface area contributed by atoms with Crippen LogP contribution in [0.1, 0.15) is 30.1 Å². The number of hydrogen-bond donors (Lipinski definition) is 1. The number of rotatable bonds is 7. The molecule has 24 heavy (non-hydrogen) atoms. The molecular formula is C19H26N4O. The van der Waals surface area contributed by atoms with Crippen molar-refractivity contribution in [3.05, 3.63) is 48.2 Å². The Balaban J connectivity index is 1.99. The van der Waals surface area contributed by atoms with Crippen LogP contribution in [0.5, 0.6) is 0 Å². The minimum absolute atomic E-state index is 0.128. The van der Waals surface area contributed by atoms with Gasteiger partial charge in [-0.15, -0.1) is 0 Å². The molecule has 5 nitrogen and oxygen atoms in total. The van der Waals surface area contributed by atoms with Crippen molar-refractivity contribution in [2.45, 2.75) is 19.8 Å². The maximum atomic E-state index is 12.3. The number of carbonyl (C=O) groups is 1. The van der Waals surface area contributed by atoms with Gasteiger partial charge in [0, 0.05) is 38.9 Å². The third-order valence-corrected chi connectivity index (χ3v) is 3.88. The van der Waals surface area contributed by atoms with E-state index in [9.17, 15) is 4.79 Å². The molecule has 1 amide bonds. The van der Waals surface area contributed by atoms with E-state index in [1.807, 2.05) is 55.4 Å². The number of nitrogens with one attached hydrogen (secondary N) is 1. The fourth-order valence-electron chi connectivity index (χ4n) is 2.32. The van der Waals surface area contributed by atoms with E-state index >= 15 is 0 Å². The van der Waals surface area contributed by atoms with Gasteiger partial charge in [-0.1, -0.05) is 13.3 Å². The lowest BCUT2D eigenvalue weighted by molar-refractivity contribution is 0.102.